The van der Waals surface area contributed by atoms with Crippen LogP contribution in [0.15, 0.2) is 42.7 Å². The number of carbonyl (C=O) groups excluding carboxylic acids is 2. The molecule has 3 rings (SSSR count). The largest absolute Gasteiger partial charge is 0.374 e. The first-order chi connectivity index (χ1) is 12.0. The van der Waals surface area contributed by atoms with Crippen molar-refractivity contribution in [1.82, 2.24) is 14.7 Å². The number of nitrogens with zero attached hydrogens (tertiary/aromatic N) is 3. The first-order valence-electron chi connectivity index (χ1n) is 8.52. The third kappa shape index (κ3) is 4.14. The number of morpholine rings is 1. The molecule has 1 aromatic heterocycles. The standard InChI is InChI=1S/C19H23N3O3/c1-14-11-22(17(13-25-14)15-6-4-3-5-7-15)19(24)9-8-18(23)16-10-20-21(2)12-16/h3-7,10,12,14,17H,8-9,11,13H2,1-2H3/t14-,17-/m1/s1. The summed E-state index contributed by atoms with van der Waals surface area (Å²) >= 11 is 0. The Morgan fingerprint density at radius 1 is 1.24 bits per heavy atom. The van der Waals surface area contributed by atoms with Gasteiger partial charge in [-0.15, -0.1) is 0 Å². The fourth-order valence-electron chi connectivity index (χ4n) is 3.10. The van der Waals surface area contributed by atoms with E-state index in [1.807, 2.05) is 42.2 Å². The number of carbonyl (C=O) groups is 2. The number of benzene rings is 1. The summed E-state index contributed by atoms with van der Waals surface area (Å²) in [6.07, 6.45) is 3.60. The molecule has 0 N–H and O–H groups in total. The summed E-state index contributed by atoms with van der Waals surface area (Å²) in [5.41, 5.74) is 1.60. The Hall–Kier alpha value is -2.47. The molecule has 1 aromatic carbocycles. The zero-order valence-corrected chi connectivity index (χ0v) is 14.6. The van der Waals surface area contributed by atoms with Gasteiger partial charge in [0.2, 0.25) is 5.91 Å². The SMILES string of the molecule is C[C@@H]1CN(C(=O)CCC(=O)c2cnn(C)c2)[C@@H](c2ccccc2)CO1. The van der Waals surface area contributed by atoms with Crippen LogP contribution in [0, 0.1) is 0 Å². The van der Waals surface area contributed by atoms with Gasteiger partial charge in [-0.2, -0.15) is 5.10 Å². The van der Waals surface area contributed by atoms with Gasteiger partial charge in [0, 0.05) is 32.6 Å². The third-order valence-corrected chi connectivity index (χ3v) is 4.47. The molecule has 1 aliphatic heterocycles. The van der Waals surface area contributed by atoms with Crippen molar-refractivity contribution in [3.63, 3.8) is 0 Å². The molecule has 1 fully saturated rings. The molecule has 6 nitrogen and oxygen atoms in total. The lowest BCUT2D eigenvalue weighted by Gasteiger charge is -2.39. The number of aryl methyl sites for hydroxylation is 1. The normalized spacial score (nSPS) is 20.5. The Bertz CT molecular complexity index is 741. The van der Waals surface area contributed by atoms with E-state index in [1.165, 1.54) is 6.20 Å². The Kier molecular flexibility index (Phi) is 5.28. The molecular formula is C19H23N3O3. The maximum Gasteiger partial charge on any atom is 0.223 e. The summed E-state index contributed by atoms with van der Waals surface area (Å²) in [6.45, 7) is 2.98. The fourth-order valence-corrected chi connectivity index (χ4v) is 3.10. The number of ether oxygens (including phenoxy) is 1. The number of aromatic nitrogens is 2. The van der Waals surface area contributed by atoms with Gasteiger partial charge in [0.05, 0.1) is 30.5 Å². The second-order valence-electron chi connectivity index (χ2n) is 6.44. The highest BCUT2D eigenvalue weighted by Crippen LogP contribution is 2.27. The van der Waals surface area contributed by atoms with Gasteiger partial charge < -0.3 is 9.64 Å². The van der Waals surface area contributed by atoms with Crippen LogP contribution < -0.4 is 0 Å². The van der Waals surface area contributed by atoms with Gasteiger partial charge in [-0.1, -0.05) is 30.3 Å². The van der Waals surface area contributed by atoms with E-state index in [4.69, 9.17) is 4.74 Å². The minimum absolute atomic E-state index is 0.00191. The van der Waals surface area contributed by atoms with Crippen molar-refractivity contribution in [2.24, 2.45) is 7.05 Å². The highest BCUT2D eigenvalue weighted by molar-refractivity contribution is 5.97. The molecule has 2 aromatic rings. The van der Waals surface area contributed by atoms with Crippen molar-refractivity contribution in [3.8, 4) is 0 Å². The van der Waals surface area contributed by atoms with Gasteiger partial charge in [0.15, 0.2) is 5.78 Å². The van der Waals surface area contributed by atoms with Crippen molar-refractivity contribution in [2.45, 2.75) is 31.9 Å². The molecule has 0 bridgehead atoms. The van der Waals surface area contributed by atoms with E-state index in [1.54, 1.807) is 17.9 Å². The van der Waals surface area contributed by atoms with Crippen LogP contribution in [-0.2, 0) is 16.6 Å². The van der Waals surface area contributed by atoms with Crippen LogP contribution >= 0.6 is 0 Å². The highest BCUT2D eigenvalue weighted by Gasteiger charge is 2.31. The number of Topliss-reactive ketones (excluding diaryl/α,β-unsaturated/α-hetero) is 1. The van der Waals surface area contributed by atoms with Crippen LogP contribution in [0.1, 0.15) is 41.7 Å². The predicted octanol–water partition coefficient (Wildman–Crippen LogP) is 2.37. The van der Waals surface area contributed by atoms with E-state index in [0.29, 0.717) is 18.7 Å². The Labute approximate surface area is 147 Å². The second kappa shape index (κ2) is 7.61. The molecule has 6 heteroatoms. The summed E-state index contributed by atoms with van der Waals surface area (Å²) in [5, 5.41) is 4.00. The van der Waals surface area contributed by atoms with Gasteiger partial charge in [-0.3, -0.25) is 14.3 Å². The molecule has 0 spiro atoms. The van der Waals surface area contributed by atoms with Crippen LogP contribution in [0.5, 0.6) is 0 Å². The average Bonchev–Trinajstić information content (AvgIpc) is 3.06. The zero-order chi connectivity index (χ0) is 17.8. The molecule has 1 aliphatic rings. The summed E-state index contributed by atoms with van der Waals surface area (Å²) in [5.74, 6) is -0.0692. The maximum atomic E-state index is 12.8. The molecule has 132 valence electrons. The van der Waals surface area contributed by atoms with Crippen LogP contribution in [0.3, 0.4) is 0 Å². The van der Waals surface area contributed by atoms with Crippen LogP contribution in [0.25, 0.3) is 0 Å². The molecule has 2 heterocycles. The zero-order valence-electron chi connectivity index (χ0n) is 14.6. The van der Waals surface area contributed by atoms with Crippen molar-refractivity contribution in [2.75, 3.05) is 13.2 Å². The number of hydrogen-bond donors (Lipinski definition) is 0. The van der Waals surface area contributed by atoms with E-state index in [0.717, 1.165) is 5.56 Å². The van der Waals surface area contributed by atoms with Gasteiger partial charge in [0.1, 0.15) is 0 Å². The van der Waals surface area contributed by atoms with Crippen LogP contribution in [0.4, 0.5) is 0 Å². The van der Waals surface area contributed by atoms with E-state index in [-0.39, 0.29) is 36.7 Å². The van der Waals surface area contributed by atoms with Crippen LogP contribution in [-0.4, -0.2) is 45.6 Å². The molecule has 0 saturated carbocycles. The molecule has 25 heavy (non-hydrogen) atoms. The Morgan fingerprint density at radius 3 is 2.68 bits per heavy atom. The Balaban J connectivity index is 1.66. The summed E-state index contributed by atoms with van der Waals surface area (Å²) in [6, 6.07) is 9.78. The lowest BCUT2D eigenvalue weighted by molar-refractivity contribution is -0.144. The van der Waals surface area contributed by atoms with E-state index in [2.05, 4.69) is 5.10 Å². The van der Waals surface area contributed by atoms with Crippen molar-refractivity contribution in [1.29, 1.82) is 0 Å². The second-order valence-corrected chi connectivity index (χ2v) is 6.44. The fraction of sp³-hybridized carbons (Fsp3) is 0.421. The Morgan fingerprint density at radius 2 is 2.00 bits per heavy atom. The molecule has 0 radical (unpaired) electrons. The van der Waals surface area contributed by atoms with Gasteiger partial charge in [-0.05, 0) is 12.5 Å². The number of ketones is 1. The third-order valence-electron chi connectivity index (χ3n) is 4.47. The summed E-state index contributed by atoms with van der Waals surface area (Å²) in [4.78, 5) is 26.8. The molecule has 2 atom stereocenters. The van der Waals surface area contributed by atoms with Crippen LogP contribution in [0.2, 0.25) is 0 Å². The monoisotopic (exact) mass is 341 g/mol. The summed E-state index contributed by atoms with van der Waals surface area (Å²) in [7, 11) is 1.77. The molecule has 0 aliphatic carbocycles. The highest BCUT2D eigenvalue weighted by atomic mass is 16.5. The van der Waals surface area contributed by atoms with Gasteiger partial charge >= 0.3 is 0 Å². The minimum Gasteiger partial charge on any atom is -0.374 e. The molecule has 1 saturated heterocycles. The van der Waals surface area contributed by atoms with Crippen molar-refractivity contribution < 1.29 is 14.3 Å². The first kappa shape index (κ1) is 17.4. The van der Waals surface area contributed by atoms with E-state index in [9.17, 15) is 9.59 Å². The topological polar surface area (TPSA) is 64.4 Å². The van der Waals surface area contributed by atoms with Gasteiger partial charge in [0.25, 0.3) is 0 Å². The average molecular weight is 341 g/mol. The van der Waals surface area contributed by atoms with Gasteiger partial charge in [-0.25, -0.2) is 0 Å². The molecule has 1 amide bonds. The smallest absolute Gasteiger partial charge is 0.223 e. The van der Waals surface area contributed by atoms with E-state index < -0.39 is 0 Å². The summed E-state index contributed by atoms with van der Waals surface area (Å²) < 4.78 is 7.34. The lowest BCUT2D eigenvalue weighted by Crippen LogP contribution is -2.46. The number of hydrogen-bond acceptors (Lipinski definition) is 4. The van der Waals surface area contributed by atoms with E-state index >= 15 is 0 Å². The first-order valence-corrected chi connectivity index (χ1v) is 8.52. The molecule has 0 unspecified atom stereocenters. The quantitative estimate of drug-likeness (QED) is 0.783. The minimum atomic E-state index is -0.0987. The number of amides is 1. The predicted molar refractivity (Wildman–Crippen MR) is 93.1 cm³/mol. The maximum absolute atomic E-state index is 12.8. The van der Waals surface area contributed by atoms with Crippen molar-refractivity contribution >= 4 is 11.7 Å². The molecular weight excluding hydrogens is 318 g/mol. The lowest BCUT2D eigenvalue weighted by atomic mass is 10.0. The van der Waals surface area contributed by atoms with Crippen molar-refractivity contribution in [3.05, 3.63) is 53.9 Å². The number of rotatable bonds is 5.